The van der Waals surface area contributed by atoms with Gasteiger partial charge in [-0.25, -0.2) is 0 Å². The van der Waals surface area contributed by atoms with Crippen molar-refractivity contribution in [1.82, 2.24) is 0 Å². The lowest BCUT2D eigenvalue weighted by molar-refractivity contribution is -0.128. The largest absolute Gasteiger partial charge is 0.468 e. The van der Waals surface area contributed by atoms with Crippen molar-refractivity contribution in [3.05, 3.63) is 59.7 Å². The number of hydrogen-bond acceptors (Lipinski definition) is 4. The lowest BCUT2D eigenvalue weighted by Crippen LogP contribution is -2.29. The third kappa shape index (κ3) is 6.19. The molecule has 0 atom stereocenters. The molecule has 2 N–H and O–H groups in total. The van der Waals surface area contributed by atoms with Crippen molar-refractivity contribution >= 4 is 6.47 Å². The van der Waals surface area contributed by atoms with Gasteiger partial charge >= 0.3 is 0 Å². The maximum absolute atomic E-state index is 10.1. The smallest absolute Gasteiger partial charge is 0.293 e. The summed E-state index contributed by atoms with van der Waals surface area (Å²) in [5.41, 5.74) is 4.40. The Morgan fingerprint density at radius 3 is 1.85 bits per heavy atom. The molecule has 0 aromatic heterocycles. The summed E-state index contributed by atoms with van der Waals surface area (Å²) in [5, 5.41) is 19.1. The van der Waals surface area contributed by atoms with Gasteiger partial charge in [0.1, 0.15) is 0 Å². The first kappa shape index (κ1) is 21.1. The van der Waals surface area contributed by atoms with Gasteiger partial charge in [0.25, 0.3) is 6.47 Å². The van der Waals surface area contributed by atoms with Crippen LogP contribution in [0.15, 0.2) is 48.5 Å². The minimum Gasteiger partial charge on any atom is -0.468 e. The normalized spacial score (nSPS) is 11.4. The molecule has 2 rings (SSSR count). The third-order valence-corrected chi connectivity index (χ3v) is 5.40. The average molecular weight is 370 g/mol. The van der Waals surface area contributed by atoms with Crippen molar-refractivity contribution in [2.45, 2.75) is 39.0 Å². The Morgan fingerprint density at radius 1 is 0.889 bits per heavy atom. The number of aliphatic hydroxyl groups excluding tert-OH is 2. The molecule has 0 spiro atoms. The van der Waals surface area contributed by atoms with Crippen molar-refractivity contribution in [2.75, 3.05) is 19.8 Å². The molecule has 4 nitrogen and oxygen atoms in total. The Labute approximate surface area is 161 Å². The highest BCUT2D eigenvalue weighted by atomic mass is 16.5. The molecule has 0 bridgehead atoms. The molecular weight excluding hydrogens is 340 g/mol. The van der Waals surface area contributed by atoms with E-state index in [9.17, 15) is 15.0 Å². The quantitative estimate of drug-likeness (QED) is 0.441. The molecule has 0 heterocycles. The number of carbonyl (C=O) groups excluding carboxylic acids is 1. The maximum Gasteiger partial charge on any atom is 0.293 e. The van der Waals surface area contributed by atoms with E-state index < -0.39 is 0 Å². The highest BCUT2D eigenvalue weighted by molar-refractivity contribution is 5.64. The molecule has 0 amide bonds. The van der Waals surface area contributed by atoms with Gasteiger partial charge in [-0.2, -0.15) is 0 Å². The van der Waals surface area contributed by atoms with Gasteiger partial charge in [0.05, 0.1) is 19.8 Å². The van der Waals surface area contributed by atoms with Gasteiger partial charge < -0.3 is 14.9 Å². The van der Waals surface area contributed by atoms with Gasteiger partial charge in [-0.15, -0.1) is 0 Å². The van der Waals surface area contributed by atoms with E-state index in [2.05, 4.69) is 48.5 Å². The number of benzene rings is 2. The Kier molecular flexibility index (Phi) is 8.49. The summed E-state index contributed by atoms with van der Waals surface area (Å²) in [7, 11) is 0. The minimum atomic E-state index is -0.384. The fraction of sp³-hybridized carbons (Fsp3) is 0.435. The number of aliphatic hydroxyl groups is 2. The first-order valence-electron chi connectivity index (χ1n) is 9.61. The second-order valence-electron chi connectivity index (χ2n) is 7.13. The van der Waals surface area contributed by atoms with Crippen LogP contribution in [0.4, 0.5) is 0 Å². The van der Waals surface area contributed by atoms with Crippen molar-refractivity contribution in [1.29, 1.82) is 0 Å². The monoisotopic (exact) mass is 370 g/mol. The Morgan fingerprint density at radius 2 is 1.41 bits per heavy atom. The van der Waals surface area contributed by atoms with E-state index in [1.54, 1.807) is 0 Å². The molecule has 4 heteroatoms. The summed E-state index contributed by atoms with van der Waals surface area (Å²) in [6.07, 6.45) is 4.11. The summed E-state index contributed by atoms with van der Waals surface area (Å²) in [4.78, 5) is 10.1. The van der Waals surface area contributed by atoms with E-state index in [0.29, 0.717) is 13.1 Å². The van der Waals surface area contributed by atoms with Gasteiger partial charge in [-0.05, 0) is 54.4 Å². The standard InChI is InChI=1S/C23H30O4/c1-2-23(16-24,17-25)14-13-20-7-11-22(12-8-20)21-9-5-19(6-10-21)4-3-15-27-18-26/h5-12,18,24-25H,2-4,13-17H2,1H3. The Hall–Kier alpha value is -2.17. The van der Waals surface area contributed by atoms with Crippen LogP contribution in [0.3, 0.4) is 0 Å². The first-order chi connectivity index (χ1) is 13.2. The predicted octanol–water partition coefficient (Wildman–Crippen LogP) is 3.77. The zero-order valence-corrected chi connectivity index (χ0v) is 16.1. The van der Waals surface area contributed by atoms with Crippen LogP contribution in [-0.4, -0.2) is 36.5 Å². The van der Waals surface area contributed by atoms with Crippen LogP contribution >= 0.6 is 0 Å². The van der Waals surface area contributed by atoms with E-state index >= 15 is 0 Å². The highest BCUT2D eigenvalue weighted by Gasteiger charge is 2.26. The van der Waals surface area contributed by atoms with Crippen molar-refractivity contribution in [3.8, 4) is 11.1 Å². The second-order valence-corrected chi connectivity index (χ2v) is 7.13. The van der Waals surface area contributed by atoms with E-state index in [1.165, 1.54) is 22.3 Å². The molecule has 0 unspecified atom stereocenters. The molecular formula is C23H30O4. The summed E-state index contributed by atoms with van der Waals surface area (Å²) in [6.45, 7) is 2.99. The summed E-state index contributed by atoms with van der Waals surface area (Å²) < 4.78 is 4.71. The molecule has 0 fully saturated rings. The van der Waals surface area contributed by atoms with Gasteiger partial charge in [-0.1, -0.05) is 55.5 Å². The van der Waals surface area contributed by atoms with Gasteiger partial charge in [-0.3, -0.25) is 4.79 Å². The fourth-order valence-corrected chi connectivity index (χ4v) is 3.15. The van der Waals surface area contributed by atoms with Crippen LogP contribution in [0, 0.1) is 5.41 Å². The van der Waals surface area contributed by atoms with Gasteiger partial charge in [0.2, 0.25) is 0 Å². The van der Waals surface area contributed by atoms with E-state index in [0.717, 1.165) is 32.1 Å². The summed E-state index contributed by atoms with van der Waals surface area (Å²) >= 11 is 0. The van der Waals surface area contributed by atoms with Crippen molar-refractivity contribution in [2.24, 2.45) is 5.41 Å². The van der Waals surface area contributed by atoms with Gasteiger partial charge in [0, 0.05) is 5.41 Å². The van der Waals surface area contributed by atoms with Gasteiger partial charge in [0.15, 0.2) is 0 Å². The minimum absolute atomic E-state index is 0.0195. The van der Waals surface area contributed by atoms with Crippen LogP contribution in [-0.2, 0) is 22.4 Å². The number of ether oxygens (including phenoxy) is 1. The summed E-state index contributed by atoms with van der Waals surface area (Å²) in [6, 6.07) is 16.9. The molecule has 27 heavy (non-hydrogen) atoms. The molecule has 0 aliphatic rings. The van der Waals surface area contributed by atoms with Crippen LogP contribution in [0.1, 0.15) is 37.3 Å². The van der Waals surface area contributed by atoms with E-state index in [4.69, 9.17) is 4.74 Å². The topological polar surface area (TPSA) is 66.8 Å². The van der Waals surface area contributed by atoms with Crippen LogP contribution < -0.4 is 0 Å². The summed E-state index contributed by atoms with van der Waals surface area (Å²) in [5.74, 6) is 0. The number of aryl methyl sites for hydroxylation is 2. The first-order valence-corrected chi connectivity index (χ1v) is 9.61. The molecule has 2 aromatic rings. The second kappa shape index (κ2) is 10.9. The predicted molar refractivity (Wildman–Crippen MR) is 107 cm³/mol. The van der Waals surface area contributed by atoms with E-state index in [1.807, 2.05) is 6.92 Å². The number of rotatable bonds is 12. The molecule has 2 aromatic carbocycles. The highest BCUT2D eigenvalue weighted by Crippen LogP contribution is 2.28. The molecule has 146 valence electrons. The molecule has 0 saturated carbocycles. The SMILES string of the molecule is CCC(CO)(CO)CCc1ccc(-c2ccc(CCCOC=O)cc2)cc1. The molecule has 0 radical (unpaired) electrons. The maximum atomic E-state index is 10.1. The molecule has 0 saturated heterocycles. The average Bonchev–Trinajstić information content (AvgIpc) is 2.74. The Bertz CT molecular complexity index is 664. The van der Waals surface area contributed by atoms with Crippen LogP contribution in [0.5, 0.6) is 0 Å². The number of carbonyl (C=O) groups is 1. The zero-order valence-electron chi connectivity index (χ0n) is 16.1. The fourth-order valence-electron chi connectivity index (χ4n) is 3.15. The third-order valence-electron chi connectivity index (χ3n) is 5.40. The zero-order chi connectivity index (χ0) is 19.5. The lowest BCUT2D eigenvalue weighted by atomic mass is 9.81. The van der Waals surface area contributed by atoms with Crippen molar-refractivity contribution in [3.63, 3.8) is 0 Å². The number of hydrogen-bond donors (Lipinski definition) is 2. The molecule has 0 aliphatic carbocycles. The lowest BCUT2D eigenvalue weighted by Gasteiger charge is -2.28. The van der Waals surface area contributed by atoms with E-state index in [-0.39, 0.29) is 18.6 Å². The van der Waals surface area contributed by atoms with Crippen LogP contribution in [0.25, 0.3) is 11.1 Å². The Balaban J connectivity index is 1.93. The molecule has 0 aliphatic heterocycles. The van der Waals surface area contributed by atoms with Crippen LogP contribution in [0.2, 0.25) is 0 Å². The van der Waals surface area contributed by atoms with Crippen molar-refractivity contribution < 1.29 is 19.7 Å².